The first-order chi connectivity index (χ1) is 23.5. The molecule has 19 heteroatoms. The number of urea groups is 1. The number of nitrogens with one attached hydrogen (secondary N) is 4. The number of carboxylic acids is 3. The number of amides is 4. The average molecular weight is 802 g/mol. The van der Waals surface area contributed by atoms with Crippen LogP contribution in [-0.2, 0) is 56.7 Å². The molecule has 0 aromatic carbocycles. The minimum atomic E-state index is -1.29. The summed E-state index contributed by atoms with van der Waals surface area (Å²) >= 11 is 1.87. The molecule has 0 aromatic heterocycles. The Morgan fingerprint density at radius 1 is 0.640 bits per heavy atom. The summed E-state index contributed by atoms with van der Waals surface area (Å²) in [5.41, 5.74) is 0. The van der Waals surface area contributed by atoms with Crippen LogP contribution in [-0.4, -0.2) is 170 Å². The maximum absolute atomic E-state index is 12.8. The molecule has 0 radical (unpaired) electrons. The fraction of sp³-hybridized carbons (Fsp3) is 0.806. The summed E-state index contributed by atoms with van der Waals surface area (Å²) in [5.74, 6) is -3.09. The number of hydrogen-bond donors (Lipinski definition) is 4. The Balaban J connectivity index is 0.00000867. The molecule has 3 atom stereocenters. The minimum absolute atomic E-state index is 0. The molecule has 3 fully saturated rings. The average Bonchev–Trinajstić information content (AvgIpc) is 3.58. The first kappa shape index (κ1) is 44.1. The van der Waals surface area contributed by atoms with Gasteiger partial charge in [0.25, 0.3) is 0 Å². The van der Waals surface area contributed by atoms with Crippen molar-refractivity contribution in [3.63, 3.8) is 0 Å². The first-order valence-electron chi connectivity index (χ1n) is 17.2. The van der Waals surface area contributed by atoms with Crippen molar-refractivity contribution < 1.29 is 76.8 Å². The number of rotatable bonds is 19. The summed E-state index contributed by atoms with van der Waals surface area (Å²) in [6.45, 7) is 2.15. The first-order valence-corrected chi connectivity index (χ1v) is 18.2. The van der Waals surface area contributed by atoms with Crippen molar-refractivity contribution in [3.05, 3.63) is 0 Å². The molecule has 0 aromatic rings. The van der Waals surface area contributed by atoms with Crippen molar-refractivity contribution in [2.75, 3.05) is 97.4 Å². The molecule has 278 valence electrons. The molecular weight excluding hydrogens is 750 g/mol. The van der Waals surface area contributed by atoms with Crippen LogP contribution in [0.2, 0.25) is 0 Å². The van der Waals surface area contributed by atoms with E-state index in [0.717, 1.165) is 44.3 Å². The van der Waals surface area contributed by atoms with Crippen molar-refractivity contribution in [2.45, 2.75) is 62.3 Å². The van der Waals surface area contributed by atoms with Crippen LogP contribution in [0.3, 0.4) is 0 Å². The number of aliphatic carboxylic acids is 3. The van der Waals surface area contributed by atoms with E-state index in [-0.39, 0.29) is 128 Å². The Morgan fingerprint density at radius 2 is 1.10 bits per heavy atom. The fourth-order valence-corrected chi connectivity index (χ4v) is 7.81. The third-order valence-electron chi connectivity index (χ3n) is 8.93. The predicted octanol–water partition coefficient (Wildman–Crippen LogP) is -5.42. The minimum Gasteiger partial charge on any atom is -0.549 e. The number of nitrogens with zero attached hydrogens (tertiary/aromatic N) is 4. The van der Waals surface area contributed by atoms with Gasteiger partial charge in [0.2, 0.25) is 11.8 Å². The Labute approximate surface area is 323 Å². The van der Waals surface area contributed by atoms with E-state index in [4.69, 9.17) is 0 Å². The monoisotopic (exact) mass is 801 g/mol. The summed E-state index contributed by atoms with van der Waals surface area (Å²) in [5, 5.41) is 46.1. The molecule has 17 nitrogen and oxygen atoms in total. The van der Waals surface area contributed by atoms with E-state index in [2.05, 4.69) is 21.3 Å². The van der Waals surface area contributed by atoms with E-state index in [1.807, 2.05) is 16.7 Å². The second-order valence-electron chi connectivity index (χ2n) is 12.8. The molecule has 3 unspecified atom stereocenters. The van der Waals surface area contributed by atoms with E-state index in [0.29, 0.717) is 37.8 Å². The van der Waals surface area contributed by atoms with Crippen LogP contribution in [0.5, 0.6) is 0 Å². The normalized spacial score (nSPS) is 22.6. The number of hydrogen-bond acceptors (Lipinski definition) is 14. The molecule has 0 bridgehead atoms. The maximum atomic E-state index is 12.8. The van der Waals surface area contributed by atoms with E-state index >= 15 is 0 Å². The summed E-state index contributed by atoms with van der Waals surface area (Å²) in [6.07, 6.45) is 5.51. The smallest absolute Gasteiger partial charge is 0.549 e. The predicted molar refractivity (Wildman–Crippen MR) is 175 cm³/mol. The van der Waals surface area contributed by atoms with Crippen LogP contribution in [0.1, 0.15) is 44.9 Å². The van der Waals surface area contributed by atoms with Gasteiger partial charge in [0.15, 0.2) is 0 Å². The van der Waals surface area contributed by atoms with Crippen LogP contribution < -0.4 is 36.6 Å². The van der Waals surface area contributed by atoms with E-state index in [9.17, 15) is 44.1 Å². The van der Waals surface area contributed by atoms with Gasteiger partial charge >= 0.3 is 38.7 Å². The standard InChI is InChI=1S/C31H54N8O9S.Y/c40-25(7-3-2-6-24-30-23(22-49-24)34-31(48)35-30)32-8-4-1-5-9-33-26(41)18-36-10-12-37(19-27(42)43)14-16-39(21-29(46)47)17-15-38(13-11-36)20-28(44)45;/h23-24,30H,1-22H2,(H,32,40)(H,33,41)(H,42,43)(H,44,45)(H,46,47)(H2,34,35,48);/q;+3/p-3/i;1+1. The number of fused-ring (bicyclic) bond motifs is 1. The number of thioether (sulfide) groups is 1. The van der Waals surface area contributed by atoms with Crippen molar-refractivity contribution in [1.82, 2.24) is 40.9 Å². The van der Waals surface area contributed by atoms with Gasteiger partial charge in [-0.3, -0.25) is 29.2 Å². The van der Waals surface area contributed by atoms with Gasteiger partial charge in [-0.25, -0.2) is 4.79 Å². The van der Waals surface area contributed by atoms with Gasteiger partial charge in [-0.2, -0.15) is 11.8 Å². The van der Waals surface area contributed by atoms with Crippen LogP contribution in [0, 0.1) is 0 Å². The molecule has 50 heavy (non-hydrogen) atoms. The Kier molecular flexibility index (Phi) is 21.3. The molecule has 3 saturated heterocycles. The zero-order chi connectivity index (χ0) is 35.6. The van der Waals surface area contributed by atoms with Crippen molar-refractivity contribution in [1.29, 1.82) is 0 Å². The van der Waals surface area contributed by atoms with Crippen LogP contribution in [0.25, 0.3) is 0 Å². The molecule has 3 aliphatic rings. The number of carboxylic acid groups (broad SMARTS) is 3. The number of carbonyl (C=O) groups is 6. The Morgan fingerprint density at radius 3 is 1.58 bits per heavy atom. The van der Waals surface area contributed by atoms with Crippen LogP contribution in [0.4, 0.5) is 4.79 Å². The van der Waals surface area contributed by atoms with Gasteiger partial charge < -0.3 is 51.0 Å². The molecule has 0 aliphatic carbocycles. The summed E-state index contributed by atoms with van der Waals surface area (Å²) in [7, 11) is 0. The second-order valence-corrected chi connectivity index (χ2v) is 14.1. The molecule has 4 N–H and O–H groups in total. The molecule has 0 spiro atoms. The van der Waals surface area contributed by atoms with Crippen molar-refractivity contribution in [3.8, 4) is 0 Å². The molecule has 4 amide bonds. The van der Waals surface area contributed by atoms with Gasteiger partial charge in [-0.1, -0.05) is 6.42 Å². The van der Waals surface area contributed by atoms with Gasteiger partial charge in [-0.15, -0.1) is 0 Å². The molecule has 3 heterocycles. The molecule has 3 rings (SSSR count). The van der Waals surface area contributed by atoms with E-state index in [1.165, 1.54) is 0 Å². The zero-order valence-corrected chi connectivity index (χ0v) is 32.4. The van der Waals surface area contributed by atoms with E-state index in [1.54, 1.807) is 14.7 Å². The Bertz CT molecular complexity index is 1090. The van der Waals surface area contributed by atoms with Crippen molar-refractivity contribution >= 4 is 47.5 Å². The van der Waals surface area contributed by atoms with Crippen molar-refractivity contribution in [2.24, 2.45) is 0 Å². The second kappa shape index (κ2) is 24.2. The largest absolute Gasteiger partial charge is 3.00 e. The van der Waals surface area contributed by atoms with Gasteiger partial charge in [-0.05, 0) is 32.1 Å². The van der Waals surface area contributed by atoms with Crippen LogP contribution in [0.15, 0.2) is 0 Å². The molecule has 0 saturated carbocycles. The van der Waals surface area contributed by atoms with E-state index < -0.39 is 17.9 Å². The molecule has 3 aliphatic heterocycles. The summed E-state index contributed by atoms with van der Waals surface area (Å²) in [6, 6.07) is 0.302. The Hall–Kier alpha value is -2.09. The van der Waals surface area contributed by atoms with Gasteiger partial charge in [0.05, 0.1) is 36.5 Å². The molecular formula is C31H51N8O9SY. The summed E-state index contributed by atoms with van der Waals surface area (Å²) < 4.78 is 0. The SMILES string of the molecule is O=C([O-])CN1CCN(CC(=O)[O-])CCN(CC(=O)NCCCCCNC(=O)CCCCC2SCC3NC(=O)NC32)CCN(CC(=O)[O-])CC1.[90Y+3]. The fourth-order valence-electron chi connectivity index (χ4n) is 6.26. The van der Waals surface area contributed by atoms with Gasteiger partial charge in [0, 0.05) is 103 Å². The maximum Gasteiger partial charge on any atom is 3.00 e. The zero-order valence-electron chi connectivity index (χ0n) is 28.7. The van der Waals surface area contributed by atoms with Crippen LogP contribution >= 0.6 is 11.8 Å². The van der Waals surface area contributed by atoms with Gasteiger partial charge in [0.1, 0.15) is 0 Å². The summed E-state index contributed by atoms with van der Waals surface area (Å²) in [4.78, 5) is 77.0. The topological polar surface area (TPSA) is 233 Å². The third kappa shape index (κ3) is 17.9. The quantitative estimate of drug-likeness (QED) is 0.0706. The third-order valence-corrected chi connectivity index (χ3v) is 10.4. The number of unbranched alkanes of at least 4 members (excludes halogenated alkanes) is 3. The number of carbonyl (C=O) groups excluding carboxylic acids is 6.